The van der Waals surface area contributed by atoms with Gasteiger partial charge in [-0.1, -0.05) is 35.9 Å². The molecule has 0 bridgehead atoms. The summed E-state index contributed by atoms with van der Waals surface area (Å²) in [6.07, 6.45) is 4.15. The highest BCUT2D eigenvalue weighted by Gasteiger charge is 2.22. The zero-order valence-electron chi connectivity index (χ0n) is 15.4. The molecule has 2 aromatic rings. The van der Waals surface area contributed by atoms with Crippen molar-refractivity contribution < 1.29 is 9.18 Å². The third kappa shape index (κ3) is 5.24. The van der Waals surface area contributed by atoms with Crippen LogP contribution in [0.2, 0.25) is 5.02 Å². The molecule has 0 unspecified atom stereocenters. The van der Waals surface area contributed by atoms with Gasteiger partial charge in [0.1, 0.15) is 5.82 Å². The highest BCUT2D eigenvalue weighted by Crippen LogP contribution is 2.24. The van der Waals surface area contributed by atoms with Gasteiger partial charge in [0.25, 0.3) is 5.91 Å². The predicted octanol–water partition coefficient (Wildman–Crippen LogP) is 4.84. The molecule has 27 heavy (non-hydrogen) atoms. The molecule has 144 valence electrons. The molecule has 3 rings (SSSR count). The van der Waals surface area contributed by atoms with Crippen LogP contribution in [-0.2, 0) is 6.54 Å². The summed E-state index contributed by atoms with van der Waals surface area (Å²) in [7, 11) is 0. The summed E-state index contributed by atoms with van der Waals surface area (Å²) < 4.78 is 13.8. The molecule has 0 spiro atoms. The zero-order valence-corrected chi connectivity index (χ0v) is 17.0. The number of nitrogens with one attached hydrogen (secondary N) is 1. The van der Waals surface area contributed by atoms with E-state index in [1.807, 2.05) is 0 Å². The van der Waals surface area contributed by atoms with Gasteiger partial charge in [0, 0.05) is 18.0 Å². The fraction of sp³-hybridized carbons (Fsp3) is 0.381. The highest BCUT2D eigenvalue weighted by molar-refractivity contribution is 7.98. The Hall–Kier alpha value is -1.56. The number of nitrogens with zero attached hydrogens (tertiary/aromatic N) is 1. The molecule has 1 saturated heterocycles. The molecule has 0 atom stereocenters. The fourth-order valence-electron chi connectivity index (χ4n) is 3.46. The first-order valence-electron chi connectivity index (χ1n) is 9.15. The molecule has 0 aromatic heterocycles. The topological polar surface area (TPSA) is 32.3 Å². The van der Waals surface area contributed by atoms with Gasteiger partial charge in [0.15, 0.2) is 0 Å². The van der Waals surface area contributed by atoms with Crippen molar-refractivity contribution in [3.05, 3.63) is 64.4 Å². The highest BCUT2D eigenvalue weighted by atomic mass is 35.5. The smallest absolute Gasteiger partial charge is 0.255 e. The van der Waals surface area contributed by atoms with Crippen molar-refractivity contribution >= 4 is 29.3 Å². The van der Waals surface area contributed by atoms with Crippen molar-refractivity contribution in [2.75, 3.05) is 25.9 Å². The van der Waals surface area contributed by atoms with E-state index < -0.39 is 11.7 Å². The summed E-state index contributed by atoms with van der Waals surface area (Å²) in [4.78, 5) is 16.0. The number of amides is 1. The van der Waals surface area contributed by atoms with Gasteiger partial charge in [-0.3, -0.25) is 9.69 Å². The van der Waals surface area contributed by atoms with Crippen molar-refractivity contribution in [3.8, 4) is 0 Å². The Bertz CT molecular complexity index is 773. The third-order valence-corrected chi connectivity index (χ3v) is 6.19. The number of hydrogen-bond acceptors (Lipinski definition) is 3. The fourth-order valence-corrected chi connectivity index (χ4v) is 4.32. The van der Waals surface area contributed by atoms with Gasteiger partial charge < -0.3 is 5.32 Å². The van der Waals surface area contributed by atoms with Crippen LogP contribution in [0.25, 0.3) is 0 Å². The van der Waals surface area contributed by atoms with E-state index in [9.17, 15) is 9.18 Å². The van der Waals surface area contributed by atoms with E-state index >= 15 is 0 Å². The molecule has 1 fully saturated rings. The van der Waals surface area contributed by atoms with E-state index in [1.165, 1.54) is 28.7 Å². The Labute approximate surface area is 169 Å². The molecule has 6 heteroatoms. The lowest BCUT2D eigenvalue weighted by molar-refractivity contribution is 0.0931. The van der Waals surface area contributed by atoms with Crippen LogP contribution in [0.5, 0.6) is 0 Å². The van der Waals surface area contributed by atoms with Crippen molar-refractivity contribution in [2.45, 2.75) is 24.3 Å². The minimum absolute atomic E-state index is 0.0646. The molecule has 1 N–H and O–H groups in total. The molecular weight excluding hydrogens is 383 g/mol. The Morgan fingerprint density at radius 3 is 2.67 bits per heavy atom. The normalized spacial score (nSPS) is 15.7. The van der Waals surface area contributed by atoms with Gasteiger partial charge in [0.05, 0.1) is 10.6 Å². The lowest BCUT2D eigenvalue weighted by Crippen LogP contribution is -2.38. The molecule has 0 radical (unpaired) electrons. The van der Waals surface area contributed by atoms with Crippen molar-refractivity contribution in [2.24, 2.45) is 5.92 Å². The van der Waals surface area contributed by atoms with Crippen LogP contribution in [0.4, 0.5) is 4.39 Å². The number of thioether (sulfide) groups is 1. The van der Waals surface area contributed by atoms with Crippen LogP contribution in [0, 0.1) is 11.7 Å². The van der Waals surface area contributed by atoms with Gasteiger partial charge in [-0.25, -0.2) is 4.39 Å². The molecule has 3 nitrogen and oxygen atoms in total. The van der Waals surface area contributed by atoms with Crippen molar-refractivity contribution in [3.63, 3.8) is 0 Å². The average molecular weight is 407 g/mol. The molecule has 1 amide bonds. The number of halogens is 2. The summed E-state index contributed by atoms with van der Waals surface area (Å²) in [6, 6.07) is 12.8. The maximum Gasteiger partial charge on any atom is 0.255 e. The predicted molar refractivity (Wildman–Crippen MR) is 110 cm³/mol. The second kappa shape index (κ2) is 9.58. The Balaban J connectivity index is 1.48. The maximum absolute atomic E-state index is 13.8. The second-order valence-electron chi connectivity index (χ2n) is 6.84. The molecule has 0 saturated carbocycles. The van der Waals surface area contributed by atoms with E-state index in [4.69, 9.17) is 11.6 Å². The van der Waals surface area contributed by atoms with Crippen LogP contribution >= 0.6 is 23.4 Å². The SMILES string of the molecule is CSc1ccccc1CN1CCC(CNC(=O)c2c(F)cccc2Cl)CC1. The standard InChI is InChI=1S/C21H24ClFN2OS/c1-27-19-8-3-2-5-16(19)14-25-11-9-15(10-12-25)13-24-21(26)20-17(22)6-4-7-18(20)23/h2-8,15H,9-14H2,1H3,(H,24,26). The van der Waals surface area contributed by atoms with E-state index in [0.717, 1.165) is 32.5 Å². The van der Waals surface area contributed by atoms with Gasteiger partial charge >= 0.3 is 0 Å². The summed E-state index contributed by atoms with van der Waals surface area (Å²) in [5, 5.41) is 3.00. The summed E-state index contributed by atoms with van der Waals surface area (Å²) in [5.74, 6) is -0.608. The average Bonchev–Trinajstić information content (AvgIpc) is 2.68. The van der Waals surface area contributed by atoms with E-state index in [2.05, 4.69) is 40.7 Å². The molecule has 1 aliphatic rings. The molecule has 1 aliphatic heterocycles. The van der Waals surface area contributed by atoms with Gasteiger partial charge in [-0.2, -0.15) is 0 Å². The summed E-state index contributed by atoms with van der Waals surface area (Å²) >= 11 is 7.74. The summed E-state index contributed by atoms with van der Waals surface area (Å²) in [6.45, 7) is 3.52. The molecule has 1 heterocycles. The molecule has 2 aromatic carbocycles. The maximum atomic E-state index is 13.8. The van der Waals surface area contributed by atoms with Gasteiger partial charge in [-0.05, 0) is 61.9 Å². The summed E-state index contributed by atoms with van der Waals surface area (Å²) in [5.41, 5.74) is 1.30. The van der Waals surface area contributed by atoms with Gasteiger partial charge in [-0.15, -0.1) is 11.8 Å². The molecule has 0 aliphatic carbocycles. The number of benzene rings is 2. The Morgan fingerprint density at radius 1 is 1.22 bits per heavy atom. The van der Waals surface area contributed by atoms with Crippen LogP contribution in [0.3, 0.4) is 0 Å². The lowest BCUT2D eigenvalue weighted by Gasteiger charge is -2.32. The third-order valence-electron chi connectivity index (χ3n) is 5.03. The van der Waals surface area contributed by atoms with Crippen LogP contribution in [0.15, 0.2) is 47.4 Å². The Kier molecular flexibility index (Phi) is 7.16. The number of carbonyl (C=O) groups excluding carboxylic acids is 1. The number of likely N-dealkylation sites (tertiary alicyclic amines) is 1. The number of hydrogen-bond donors (Lipinski definition) is 1. The van der Waals surface area contributed by atoms with Crippen LogP contribution in [-0.4, -0.2) is 36.7 Å². The monoisotopic (exact) mass is 406 g/mol. The van der Waals surface area contributed by atoms with Crippen LogP contribution in [0.1, 0.15) is 28.8 Å². The van der Waals surface area contributed by atoms with Gasteiger partial charge in [0.2, 0.25) is 0 Å². The minimum Gasteiger partial charge on any atom is -0.352 e. The first-order chi connectivity index (χ1) is 13.1. The number of piperidine rings is 1. The number of rotatable bonds is 6. The minimum atomic E-state index is -0.581. The Morgan fingerprint density at radius 2 is 1.96 bits per heavy atom. The van der Waals surface area contributed by atoms with E-state index in [1.54, 1.807) is 11.8 Å². The molecular formula is C21H24ClFN2OS. The van der Waals surface area contributed by atoms with E-state index in [0.29, 0.717) is 12.5 Å². The first kappa shape index (κ1) is 20.2. The largest absolute Gasteiger partial charge is 0.352 e. The zero-order chi connectivity index (χ0) is 19.2. The quantitative estimate of drug-likeness (QED) is 0.696. The first-order valence-corrected chi connectivity index (χ1v) is 10.7. The number of carbonyl (C=O) groups is 1. The van der Waals surface area contributed by atoms with Crippen molar-refractivity contribution in [1.82, 2.24) is 10.2 Å². The van der Waals surface area contributed by atoms with Crippen LogP contribution < -0.4 is 5.32 Å². The van der Waals surface area contributed by atoms with E-state index in [-0.39, 0.29) is 10.6 Å². The van der Waals surface area contributed by atoms with Crippen molar-refractivity contribution in [1.29, 1.82) is 0 Å². The lowest BCUT2D eigenvalue weighted by atomic mass is 9.96. The second-order valence-corrected chi connectivity index (χ2v) is 8.09.